The van der Waals surface area contributed by atoms with Crippen molar-refractivity contribution in [3.63, 3.8) is 0 Å². The van der Waals surface area contributed by atoms with Crippen LogP contribution in [0.4, 0.5) is 0 Å². The van der Waals surface area contributed by atoms with Gasteiger partial charge in [-0.05, 0) is 6.42 Å². The van der Waals surface area contributed by atoms with E-state index in [2.05, 4.69) is 0 Å². The second-order valence-electron chi connectivity index (χ2n) is 2.63. The number of hydrogen-bond acceptors (Lipinski definition) is 3. The second kappa shape index (κ2) is 6.66. The molecule has 1 N–H and O–H groups in total. The largest absolute Gasteiger partial charge is 0.391 e. The molecule has 0 aliphatic heterocycles. The van der Waals surface area contributed by atoms with E-state index in [9.17, 15) is 5.11 Å². The first-order chi connectivity index (χ1) is 5.71. The normalized spacial score (nSPS) is 16.5. The van der Waals surface area contributed by atoms with Crippen LogP contribution in [0.25, 0.3) is 0 Å². The van der Waals surface area contributed by atoms with Crippen LogP contribution in [0.15, 0.2) is 0 Å². The molecule has 0 aliphatic rings. The highest BCUT2D eigenvalue weighted by Gasteiger charge is 2.25. The highest BCUT2D eigenvalue weighted by Crippen LogP contribution is 2.17. The van der Waals surface area contributed by atoms with Crippen molar-refractivity contribution in [3.8, 4) is 0 Å². The van der Waals surface area contributed by atoms with Gasteiger partial charge < -0.3 is 14.6 Å². The first kappa shape index (κ1) is 12.2. The Bertz CT molecular complexity index is 106. The van der Waals surface area contributed by atoms with Gasteiger partial charge in [-0.25, -0.2) is 0 Å². The van der Waals surface area contributed by atoms with E-state index in [-0.39, 0.29) is 18.1 Å². The summed E-state index contributed by atoms with van der Waals surface area (Å²) in [7, 11) is 3.11. The number of alkyl halides is 1. The van der Waals surface area contributed by atoms with Crippen molar-refractivity contribution in [2.45, 2.75) is 25.7 Å². The van der Waals surface area contributed by atoms with Crippen LogP contribution >= 0.6 is 11.6 Å². The lowest BCUT2D eigenvalue weighted by atomic mass is 10.00. The zero-order valence-electron chi connectivity index (χ0n) is 7.79. The highest BCUT2D eigenvalue weighted by molar-refractivity contribution is 6.18. The van der Waals surface area contributed by atoms with Crippen molar-refractivity contribution < 1.29 is 14.6 Å². The van der Waals surface area contributed by atoms with Crippen LogP contribution in [0.2, 0.25) is 0 Å². The monoisotopic (exact) mass is 196 g/mol. The van der Waals surface area contributed by atoms with Gasteiger partial charge in [0.25, 0.3) is 0 Å². The molecule has 3 nitrogen and oxygen atoms in total. The fourth-order valence-corrected chi connectivity index (χ4v) is 1.44. The molecular formula is C8H17ClO3. The number of ether oxygens (including phenoxy) is 2. The Morgan fingerprint density at radius 2 is 1.83 bits per heavy atom. The lowest BCUT2D eigenvalue weighted by Crippen LogP contribution is -2.35. The van der Waals surface area contributed by atoms with Crippen LogP contribution in [0.1, 0.15) is 13.3 Å². The predicted molar refractivity (Wildman–Crippen MR) is 48.3 cm³/mol. The van der Waals surface area contributed by atoms with Gasteiger partial charge in [-0.3, -0.25) is 0 Å². The summed E-state index contributed by atoms with van der Waals surface area (Å²) in [6.45, 7) is 1.96. The van der Waals surface area contributed by atoms with E-state index in [0.29, 0.717) is 0 Å². The van der Waals surface area contributed by atoms with Crippen molar-refractivity contribution in [2.75, 3.05) is 20.1 Å². The third kappa shape index (κ3) is 3.27. The predicted octanol–water partition coefficient (Wildman–Crippen LogP) is 1.23. The minimum atomic E-state index is -0.568. The standard InChI is InChI=1S/C8H17ClO3/c1-4-6(7(10)5-9)8(11-2)12-3/h6-8,10H,4-5H2,1-3H3/t6-,7-/m0/s1. The molecule has 4 heteroatoms. The Hall–Kier alpha value is 0.170. The van der Waals surface area contributed by atoms with Crippen molar-refractivity contribution in [1.29, 1.82) is 0 Å². The molecule has 0 aromatic rings. The Morgan fingerprint density at radius 3 is 2.08 bits per heavy atom. The minimum absolute atomic E-state index is 0.0579. The molecule has 0 amide bonds. The van der Waals surface area contributed by atoms with Gasteiger partial charge in [0, 0.05) is 26.0 Å². The van der Waals surface area contributed by atoms with Crippen LogP contribution in [-0.2, 0) is 9.47 Å². The minimum Gasteiger partial charge on any atom is -0.391 e. The van der Waals surface area contributed by atoms with E-state index in [4.69, 9.17) is 21.1 Å². The Labute approximate surface area is 78.6 Å². The van der Waals surface area contributed by atoms with Crippen LogP contribution in [0, 0.1) is 5.92 Å². The molecule has 0 aromatic carbocycles. The maximum atomic E-state index is 9.46. The molecule has 0 unspecified atom stereocenters. The molecule has 0 saturated carbocycles. The summed E-state index contributed by atoms with van der Waals surface area (Å²) >= 11 is 5.52. The van der Waals surface area contributed by atoms with E-state index in [1.54, 1.807) is 14.2 Å². The lowest BCUT2D eigenvalue weighted by Gasteiger charge is -2.26. The average Bonchev–Trinajstić information content (AvgIpc) is 2.12. The molecule has 2 atom stereocenters. The quantitative estimate of drug-likeness (QED) is 0.513. The van der Waals surface area contributed by atoms with E-state index in [0.717, 1.165) is 6.42 Å². The lowest BCUT2D eigenvalue weighted by molar-refractivity contribution is -0.158. The third-order valence-corrected chi connectivity index (χ3v) is 2.25. The van der Waals surface area contributed by atoms with Crippen LogP contribution in [0.3, 0.4) is 0 Å². The molecule has 74 valence electrons. The van der Waals surface area contributed by atoms with Crippen molar-refractivity contribution in [2.24, 2.45) is 5.92 Å². The van der Waals surface area contributed by atoms with Crippen molar-refractivity contribution >= 4 is 11.6 Å². The smallest absolute Gasteiger partial charge is 0.162 e. The maximum Gasteiger partial charge on any atom is 0.162 e. The fourth-order valence-electron chi connectivity index (χ4n) is 1.21. The van der Waals surface area contributed by atoms with E-state index in [1.807, 2.05) is 6.92 Å². The van der Waals surface area contributed by atoms with Gasteiger partial charge in [0.1, 0.15) is 0 Å². The Morgan fingerprint density at radius 1 is 1.33 bits per heavy atom. The number of aliphatic hydroxyl groups excluding tert-OH is 1. The van der Waals surface area contributed by atoms with Crippen LogP contribution < -0.4 is 0 Å². The number of hydrogen-bond donors (Lipinski definition) is 1. The van der Waals surface area contributed by atoms with Crippen LogP contribution in [-0.4, -0.2) is 37.6 Å². The highest BCUT2D eigenvalue weighted by atomic mass is 35.5. The van der Waals surface area contributed by atoms with Gasteiger partial charge in [0.05, 0.1) is 6.10 Å². The van der Waals surface area contributed by atoms with Gasteiger partial charge in [0.15, 0.2) is 6.29 Å². The van der Waals surface area contributed by atoms with Crippen molar-refractivity contribution in [3.05, 3.63) is 0 Å². The van der Waals surface area contributed by atoms with E-state index in [1.165, 1.54) is 0 Å². The number of halogens is 1. The summed E-state index contributed by atoms with van der Waals surface area (Å²) in [5.74, 6) is 0.152. The summed E-state index contributed by atoms with van der Waals surface area (Å²) in [4.78, 5) is 0. The van der Waals surface area contributed by atoms with Crippen LogP contribution in [0.5, 0.6) is 0 Å². The average molecular weight is 197 g/mol. The first-order valence-corrected chi connectivity index (χ1v) is 4.54. The topological polar surface area (TPSA) is 38.7 Å². The molecule has 0 saturated heterocycles. The summed E-state index contributed by atoms with van der Waals surface area (Å²) in [6, 6.07) is 0. The maximum absolute atomic E-state index is 9.46. The molecule has 0 rings (SSSR count). The summed E-state index contributed by atoms with van der Waals surface area (Å²) in [6.07, 6.45) is -0.162. The van der Waals surface area contributed by atoms with Gasteiger partial charge in [0.2, 0.25) is 0 Å². The Kier molecular flexibility index (Phi) is 6.76. The molecular weight excluding hydrogens is 180 g/mol. The summed E-state index contributed by atoms with van der Waals surface area (Å²) in [5.41, 5.74) is 0. The zero-order chi connectivity index (χ0) is 9.56. The van der Waals surface area contributed by atoms with Crippen molar-refractivity contribution in [1.82, 2.24) is 0 Å². The molecule has 0 aliphatic carbocycles. The fraction of sp³-hybridized carbons (Fsp3) is 1.00. The molecule has 0 heterocycles. The molecule has 0 aromatic heterocycles. The third-order valence-electron chi connectivity index (χ3n) is 1.94. The van der Waals surface area contributed by atoms with Gasteiger partial charge in [-0.1, -0.05) is 6.92 Å². The number of aliphatic hydroxyl groups is 1. The molecule has 12 heavy (non-hydrogen) atoms. The van der Waals surface area contributed by atoms with Gasteiger partial charge in [-0.15, -0.1) is 11.6 Å². The van der Waals surface area contributed by atoms with Gasteiger partial charge >= 0.3 is 0 Å². The number of methoxy groups -OCH3 is 2. The van der Waals surface area contributed by atoms with Gasteiger partial charge in [-0.2, -0.15) is 0 Å². The molecule has 0 fully saturated rings. The van der Waals surface area contributed by atoms with E-state index >= 15 is 0 Å². The summed E-state index contributed by atoms with van der Waals surface area (Å²) < 4.78 is 10.1. The summed E-state index contributed by atoms with van der Waals surface area (Å²) in [5, 5.41) is 9.46. The van der Waals surface area contributed by atoms with E-state index < -0.39 is 6.10 Å². The zero-order valence-corrected chi connectivity index (χ0v) is 8.54. The first-order valence-electron chi connectivity index (χ1n) is 4.00. The molecule has 0 bridgehead atoms. The molecule has 0 spiro atoms. The second-order valence-corrected chi connectivity index (χ2v) is 2.94. The molecule has 0 radical (unpaired) electrons. The SMILES string of the molecule is CC[C@H](C(OC)OC)[C@@H](O)CCl. The Balaban J connectivity index is 4.09. The number of rotatable bonds is 6.